The second-order valence-electron chi connectivity index (χ2n) is 4.77. The Labute approximate surface area is 111 Å². The van der Waals surface area contributed by atoms with E-state index in [0.29, 0.717) is 31.3 Å². The van der Waals surface area contributed by atoms with Crippen molar-refractivity contribution >= 4 is 11.9 Å². The van der Waals surface area contributed by atoms with Gasteiger partial charge >= 0.3 is 5.97 Å². The molecule has 3 N–H and O–H groups in total. The van der Waals surface area contributed by atoms with Gasteiger partial charge in [-0.2, -0.15) is 0 Å². The first-order chi connectivity index (χ1) is 9.06. The molecule has 1 heterocycles. The van der Waals surface area contributed by atoms with Crippen molar-refractivity contribution in [2.45, 2.75) is 38.8 Å². The molecule has 0 unspecified atom stereocenters. The predicted molar refractivity (Wildman–Crippen MR) is 67.9 cm³/mol. The molecule has 0 saturated heterocycles. The fraction of sp³-hybridized carbons (Fsp3) is 0.538. The van der Waals surface area contributed by atoms with E-state index in [4.69, 9.17) is 9.52 Å². The molecule has 0 spiro atoms. The Morgan fingerprint density at radius 3 is 2.79 bits per heavy atom. The topological polar surface area (TPSA) is 91.6 Å². The molecule has 6 nitrogen and oxygen atoms in total. The fourth-order valence-electron chi connectivity index (χ4n) is 1.75. The average Bonchev–Trinajstić information content (AvgIpc) is 3.07. The number of nitrogens with one attached hydrogen (secondary N) is 2. The highest BCUT2D eigenvalue weighted by molar-refractivity contribution is 5.84. The van der Waals surface area contributed by atoms with Crippen molar-refractivity contribution in [2.24, 2.45) is 0 Å². The molecule has 1 fully saturated rings. The largest absolute Gasteiger partial charge is 0.475 e. The van der Waals surface area contributed by atoms with Crippen molar-refractivity contribution in [1.82, 2.24) is 10.6 Å². The van der Waals surface area contributed by atoms with Crippen molar-refractivity contribution < 1.29 is 19.1 Å². The number of carbonyl (C=O) groups is 2. The number of aryl methyl sites for hydroxylation is 1. The third-order valence-corrected chi connectivity index (χ3v) is 3.02. The van der Waals surface area contributed by atoms with Gasteiger partial charge in [-0.25, -0.2) is 4.79 Å². The molecule has 6 heteroatoms. The minimum Gasteiger partial charge on any atom is -0.475 e. The normalized spacial score (nSPS) is 14.4. The second-order valence-corrected chi connectivity index (χ2v) is 4.77. The molecular weight excluding hydrogens is 248 g/mol. The fourth-order valence-corrected chi connectivity index (χ4v) is 1.75. The van der Waals surface area contributed by atoms with Crippen LogP contribution in [0.1, 0.15) is 41.1 Å². The summed E-state index contributed by atoms with van der Waals surface area (Å²) in [4.78, 5) is 22.1. The van der Waals surface area contributed by atoms with Gasteiger partial charge in [-0.15, -0.1) is 0 Å². The molecule has 0 aliphatic heterocycles. The van der Waals surface area contributed by atoms with E-state index in [-0.39, 0.29) is 11.7 Å². The number of carboxylic acid groups (broad SMARTS) is 1. The van der Waals surface area contributed by atoms with Crippen molar-refractivity contribution in [3.63, 3.8) is 0 Å². The lowest BCUT2D eigenvalue weighted by atomic mass is 10.2. The van der Waals surface area contributed by atoms with Crippen molar-refractivity contribution in [1.29, 1.82) is 0 Å². The molecule has 2 rings (SSSR count). The number of furan rings is 1. The van der Waals surface area contributed by atoms with Crippen LogP contribution >= 0.6 is 0 Å². The maximum absolute atomic E-state index is 11.4. The van der Waals surface area contributed by atoms with E-state index in [1.807, 2.05) is 0 Å². The highest BCUT2D eigenvalue weighted by atomic mass is 16.4. The zero-order chi connectivity index (χ0) is 13.8. The summed E-state index contributed by atoms with van der Waals surface area (Å²) in [5.74, 6) is -0.476. The summed E-state index contributed by atoms with van der Waals surface area (Å²) in [6, 6.07) is 1.90. The van der Waals surface area contributed by atoms with Crippen LogP contribution in [-0.4, -0.2) is 29.6 Å². The molecule has 0 bridgehead atoms. The summed E-state index contributed by atoms with van der Waals surface area (Å²) >= 11 is 0. The maximum Gasteiger partial charge on any atom is 0.371 e. The van der Waals surface area contributed by atoms with Crippen LogP contribution in [0.5, 0.6) is 0 Å². The van der Waals surface area contributed by atoms with Crippen LogP contribution in [0.2, 0.25) is 0 Å². The molecule has 0 atom stereocenters. The van der Waals surface area contributed by atoms with Crippen molar-refractivity contribution in [3.8, 4) is 0 Å². The van der Waals surface area contributed by atoms with Crippen LogP contribution in [0.4, 0.5) is 0 Å². The van der Waals surface area contributed by atoms with Gasteiger partial charge in [0.05, 0.1) is 0 Å². The van der Waals surface area contributed by atoms with Gasteiger partial charge in [-0.1, -0.05) is 0 Å². The van der Waals surface area contributed by atoms with Gasteiger partial charge in [0, 0.05) is 31.1 Å². The Hall–Kier alpha value is -1.82. The number of carboxylic acids is 1. The van der Waals surface area contributed by atoms with Gasteiger partial charge in [0.15, 0.2) is 0 Å². The van der Waals surface area contributed by atoms with Gasteiger partial charge < -0.3 is 20.2 Å². The highest BCUT2D eigenvalue weighted by Crippen LogP contribution is 2.18. The van der Waals surface area contributed by atoms with Gasteiger partial charge in [-0.3, -0.25) is 4.79 Å². The Morgan fingerprint density at radius 2 is 2.21 bits per heavy atom. The van der Waals surface area contributed by atoms with E-state index >= 15 is 0 Å². The number of carbonyl (C=O) groups excluding carboxylic acids is 1. The quantitative estimate of drug-likeness (QED) is 0.641. The summed E-state index contributed by atoms with van der Waals surface area (Å²) in [5.41, 5.74) is 0.806. The molecule has 1 aromatic rings. The highest BCUT2D eigenvalue weighted by Gasteiger charge is 2.22. The Balaban J connectivity index is 1.69. The van der Waals surface area contributed by atoms with E-state index in [1.165, 1.54) is 6.07 Å². The van der Waals surface area contributed by atoms with Crippen LogP contribution in [0.25, 0.3) is 0 Å². The van der Waals surface area contributed by atoms with E-state index in [1.54, 1.807) is 6.92 Å². The lowest BCUT2D eigenvalue weighted by molar-refractivity contribution is -0.121. The Bertz CT molecular complexity index is 477. The van der Waals surface area contributed by atoms with E-state index in [9.17, 15) is 9.59 Å². The smallest absolute Gasteiger partial charge is 0.371 e. The molecule has 19 heavy (non-hydrogen) atoms. The monoisotopic (exact) mass is 266 g/mol. The number of amides is 1. The zero-order valence-corrected chi connectivity index (χ0v) is 10.9. The summed E-state index contributed by atoms with van der Waals surface area (Å²) in [6.07, 6.45) is 2.61. The van der Waals surface area contributed by atoms with Crippen LogP contribution in [0.15, 0.2) is 10.5 Å². The third kappa shape index (κ3) is 4.10. The number of rotatable bonds is 7. The third-order valence-electron chi connectivity index (χ3n) is 3.02. The molecule has 1 aliphatic rings. The second kappa shape index (κ2) is 5.88. The first-order valence-corrected chi connectivity index (χ1v) is 6.39. The zero-order valence-electron chi connectivity index (χ0n) is 10.9. The summed E-state index contributed by atoms with van der Waals surface area (Å²) < 4.78 is 5.10. The summed E-state index contributed by atoms with van der Waals surface area (Å²) in [5, 5.41) is 14.8. The molecule has 0 aromatic carbocycles. The van der Waals surface area contributed by atoms with Crippen LogP contribution < -0.4 is 10.6 Å². The standard InChI is InChI=1S/C13H18N2O4/c1-8-9(6-11(19-8)13(17)18)7-14-5-4-12(16)15-10-2-3-10/h6,10,14H,2-5,7H2,1H3,(H,15,16)(H,17,18). The van der Waals surface area contributed by atoms with Crippen LogP contribution in [0, 0.1) is 6.92 Å². The van der Waals surface area contributed by atoms with Gasteiger partial charge in [0.25, 0.3) is 0 Å². The molecule has 1 aliphatic carbocycles. The number of hydrogen-bond acceptors (Lipinski definition) is 4. The molecule has 104 valence electrons. The van der Waals surface area contributed by atoms with Gasteiger partial charge in [0.2, 0.25) is 11.7 Å². The minimum absolute atomic E-state index is 0.0548. The van der Waals surface area contributed by atoms with Gasteiger partial charge in [0.1, 0.15) is 5.76 Å². The summed E-state index contributed by atoms with van der Waals surface area (Å²) in [7, 11) is 0. The van der Waals surface area contributed by atoms with Crippen molar-refractivity contribution in [3.05, 3.63) is 23.2 Å². The lowest BCUT2D eigenvalue weighted by Crippen LogP contribution is -2.29. The first kappa shape index (κ1) is 13.6. The summed E-state index contributed by atoms with van der Waals surface area (Å²) in [6.45, 7) is 2.79. The molecule has 1 aromatic heterocycles. The molecule has 1 amide bonds. The van der Waals surface area contributed by atoms with E-state index in [2.05, 4.69) is 10.6 Å². The van der Waals surface area contributed by atoms with Crippen molar-refractivity contribution in [2.75, 3.05) is 6.54 Å². The predicted octanol–water partition coefficient (Wildman–Crippen LogP) is 1.04. The SMILES string of the molecule is Cc1oc(C(=O)O)cc1CNCCC(=O)NC1CC1. The van der Waals surface area contributed by atoms with Crippen LogP contribution in [-0.2, 0) is 11.3 Å². The van der Waals surface area contributed by atoms with Gasteiger partial charge in [-0.05, 0) is 25.8 Å². The maximum atomic E-state index is 11.4. The van der Waals surface area contributed by atoms with E-state index in [0.717, 1.165) is 18.4 Å². The number of aromatic carboxylic acids is 1. The van der Waals surface area contributed by atoms with Crippen LogP contribution in [0.3, 0.4) is 0 Å². The average molecular weight is 266 g/mol. The number of hydrogen-bond donors (Lipinski definition) is 3. The first-order valence-electron chi connectivity index (χ1n) is 6.39. The lowest BCUT2D eigenvalue weighted by Gasteiger charge is -2.04. The molecule has 1 saturated carbocycles. The Kier molecular flexibility index (Phi) is 4.21. The molecule has 0 radical (unpaired) electrons. The minimum atomic E-state index is -1.07. The molecular formula is C13H18N2O4. The van der Waals surface area contributed by atoms with E-state index < -0.39 is 5.97 Å². The Morgan fingerprint density at radius 1 is 1.47 bits per heavy atom.